The van der Waals surface area contributed by atoms with Crippen molar-refractivity contribution >= 4 is 29.3 Å². The highest BCUT2D eigenvalue weighted by Gasteiger charge is 2.13. The van der Waals surface area contributed by atoms with E-state index in [0.717, 1.165) is 10.6 Å². The van der Waals surface area contributed by atoms with Gasteiger partial charge in [0.05, 0.1) is 5.56 Å². The summed E-state index contributed by atoms with van der Waals surface area (Å²) in [5.74, 6) is 0.787. The van der Waals surface area contributed by atoms with E-state index in [9.17, 15) is 4.79 Å². The molecular weight excluding hydrogens is 256 g/mol. The van der Waals surface area contributed by atoms with Gasteiger partial charge < -0.3 is 11.1 Å². The lowest BCUT2D eigenvalue weighted by Crippen LogP contribution is -2.38. The van der Waals surface area contributed by atoms with Crippen LogP contribution in [-0.2, 0) is 0 Å². The molecule has 17 heavy (non-hydrogen) atoms. The Morgan fingerprint density at radius 2 is 2.29 bits per heavy atom. The van der Waals surface area contributed by atoms with Crippen LogP contribution in [0.4, 0.5) is 0 Å². The van der Waals surface area contributed by atoms with Crippen LogP contribution in [-0.4, -0.2) is 24.2 Å². The summed E-state index contributed by atoms with van der Waals surface area (Å²) in [4.78, 5) is 13.0. The normalized spacial score (nSPS) is 12.2. The van der Waals surface area contributed by atoms with Gasteiger partial charge in [0.25, 0.3) is 5.91 Å². The van der Waals surface area contributed by atoms with Gasteiger partial charge in [-0.05, 0) is 30.9 Å². The van der Waals surface area contributed by atoms with E-state index >= 15 is 0 Å². The maximum Gasteiger partial charge on any atom is 0.252 e. The van der Waals surface area contributed by atoms with E-state index in [0.29, 0.717) is 17.1 Å². The second-order valence-electron chi connectivity index (χ2n) is 3.68. The molecule has 0 spiro atoms. The van der Waals surface area contributed by atoms with Crippen molar-refractivity contribution in [1.82, 2.24) is 5.32 Å². The quantitative estimate of drug-likeness (QED) is 0.810. The van der Waals surface area contributed by atoms with E-state index in [4.69, 9.17) is 17.3 Å². The Hall–Kier alpha value is -0.710. The smallest absolute Gasteiger partial charge is 0.252 e. The summed E-state index contributed by atoms with van der Waals surface area (Å²) in [7, 11) is 0. The van der Waals surface area contributed by atoms with Gasteiger partial charge in [-0.15, -0.1) is 11.8 Å². The average molecular weight is 273 g/mol. The highest BCUT2D eigenvalue weighted by molar-refractivity contribution is 7.99. The molecule has 0 bridgehead atoms. The fraction of sp³-hybridized carbons (Fsp3) is 0.417. The van der Waals surface area contributed by atoms with Crippen LogP contribution in [0.1, 0.15) is 24.2 Å². The molecular formula is C12H17ClN2OS. The molecule has 1 rings (SSSR count). The molecule has 1 atom stereocenters. The minimum atomic E-state index is -0.124. The Bertz CT molecular complexity index is 398. The van der Waals surface area contributed by atoms with Crippen molar-refractivity contribution in [3.63, 3.8) is 0 Å². The van der Waals surface area contributed by atoms with Crippen molar-refractivity contribution in [2.24, 2.45) is 5.73 Å². The SMILES string of the molecule is CCSc1ccc(Cl)cc1C(=O)N[C@@H](C)CN. The van der Waals surface area contributed by atoms with Gasteiger partial charge in [0, 0.05) is 22.5 Å². The van der Waals surface area contributed by atoms with Crippen molar-refractivity contribution in [2.45, 2.75) is 24.8 Å². The highest BCUT2D eigenvalue weighted by Crippen LogP contribution is 2.25. The molecule has 3 N–H and O–H groups in total. The fourth-order valence-corrected chi connectivity index (χ4v) is 2.28. The maximum absolute atomic E-state index is 12.0. The Balaban J connectivity index is 2.93. The zero-order valence-corrected chi connectivity index (χ0v) is 11.6. The predicted molar refractivity (Wildman–Crippen MR) is 73.8 cm³/mol. The monoisotopic (exact) mass is 272 g/mol. The summed E-state index contributed by atoms with van der Waals surface area (Å²) in [6, 6.07) is 5.32. The minimum Gasteiger partial charge on any atom is -0.348 e. The molecule has 1 amide bonds. The Kier molecular flexibility index (Phi) is 5.82. The molecule has 1 aromatic carbocycles. The Labute approximate surface area is 111 Å². The first kappa shape index (κ1) is 14.4. The lowest BCUT2D eigenvalue weighted by Gasteiger charge is -2.13. The second kappa shape index (κ2) is 6.89. The lowest BCUT2D eigenvalue weighted by molar-refractivity contribution is 0.0938. The molecule has 0 heterocycles. The largest absolute Gasteiger partial charge is 0.348 e. The van der Waals surface area contributed by atoms with Crippen molar-refractivity contribution in [3.8, 4) is 0 Å². The van der Waals surface area contributed by atoms with Gasteiger partial charge >= 0.3 is 0 Å². The fourth-order valence-electron chi connectivity index (χ4n) is 1.32. The predicted octanol–water partition coefficient (Wildman–Crippen LogP) is 2.53. The summed E-state index contributed by atoms with van der Waals surface area (Å²) in [6.45, 7) is 4.33. The van der Waals surface area contributed by atoms with Gasteiger partial charge in [-0.25, -0.2) is 0 Å². The second-order valence-corrected chi connectivity index (χ2v) is 5.43. The summed E-state index contributed by atoms with van der Waals surface area (Å²) >= 11 is 7.54. The highest BCUT2D eigenvalue weighted by atomic mass is 35.5. The number of carbonyl (C=O) groups is 1. The molecule has 0 aliphatic rings. The number of benzene rings is 1. The third kappa shape index (κ3) is 4.22. The average Bonchev–Trinajstić information content (AvgIpc) is 2.31. The molecule has 0 aliphatic carbocycles. The number of rotatable bonds is 5. The number of nitrogens with two attached hydrogens (primary N) is 1. The molecule has 0 aromatic heterocycles. The van der Waals surface area contributed by atoms with Crippen LogP contribution in [0.5, 0.6) is 0 Å². The topological polar surface area (TPSA) is 55.1 Å². The number of hydrogen-bond acceptors (Lipinski definition) is 3. The van der Waals surface area contributed by atoms with E-state index in [-0.39, 0.29) is 11.9 Å². The van der Waals surface area contributed by atoms with Gasteiger partial charge in [0.2, 0.25) is 0 Å². The van der Waals surface area contributed by atoms with Crippen molar-refractivity contribution < 1.29 is 4.79 Å². The Morgan fingerprint density at radius 1 is 1.59 bits per heavy atom. The zero-order chi connectivity index (χ0) is 12.8. The molecule has 0 saturated heterocycles. The van der Waals surface area contributed by atoms with E-state index in [1.807, 2.05) is 19.9 Å². The van der Waals surface area contributed by atoms with Crippen LogP contribution in [0.25, 0.3) is 0 Å². The number of amides is 1. The molecule has 5 heteroatoms. The first-order valence-electron chi connectivity index (χ1n) is 5.51. The maximum atomic E-state index is 12.0. The zero-order valence-electron chi connectivity index (χ0n) is 10.00. The van der Waals surface area contributed by atoms with E-state index in [1.54, 1.807) is 23.9 Å². The standard InChI is InChI=1S/C12H17ClN2OS/c1-3-17-11-5-4-9(13)6-10(11)12(16)15-8(2)7-14/h4-6,8H,3,7,14H2,1-2H3,(H,15,16)/t8-/m0/s1. The first-order valence-corrected chi connectivity index (χ1v) is 6.88. The van der Waals surface area contributed by atoms with Gasteiger partial charge in [0.1, 0.15) is 0 Å². The summed E-state index contributed by atoms with van der Waals surface area (Å²) < 4.78 is 0. The van der Waals surface area contributed by atoms with Gasteiger partial charge in [-0.2, -0.15) is 0 Å². The molecule has 0 fully saturated rings. The van der Waals surface area contributed by atoms with Crippen LogP contribution in [0.15, 0.2) is 23.1 Å². The molecule has 0 radical (unpaired) electrons. The Morgan fingerprint density at radius 3 is 2.88 bits per heavy atom. The number of halogens is 1. The molecule has 0 unspecified atom stereocenters. The van der Waals surface area contributed by atoms with Crippen LogP contribution < -0.4 is 11.1 Å². The van der Waals surface area contributed by atoms with Gasteiger partial charge in [0.15, 0.2) is 0 Å². The first-order chi connectivity index (χ1) is 8.08. The third-order valence-electron chi connectivity index (χ3n) is 2.22. The molecule has 3 nitrogen and oxygen atoms in total. The van der Waals surface area contributed by atoms with E-state index < -0.39 is 0 Å². The number of thioether (sulfide) groups is 1. The van der Waals surface area contributed by atoms with Crippen molar-refractivity contribution in [1.29, 1.82) is 0 Å². The molecule has 94 valence electrons. The van der Waals surface area contributed by atoms with Crippen LogP contribution in [0.2, 0.25) is 5.02 Å². The van der Waals surface area contributed by atoms with Gasteiger partial charge in [-0.3, -0.25) is 4.79 Å². The molecule has 1 aromatic rings. The van der Waals surface area contributed by atoms with E-state index in [1.165, 1.54) is 0 Å². The van der Waals surface area contributed by atoms with E-state index in [2.05, 4.69) is 5.32 Å². The van der Waals surface area contributed by atoms with Gasteiger partial charge in [-0.1, -0.05) is 18.5 Å². The summed E-state index contributed by atoms with van der Waals surface area (Å²) in [5.41, 5.74) is 6.09. The molecule has 0 aliphatic heterocycles. The number of carbonyl (C=O) groups excluding carboxylic acids is 1. The van der Waals surface area contributed by atoms with Crippen molar-refractivity contribution in [2.75, 3.05) is 12.3 Å². The van der Waals surface area contributed by atoms with Crippen LogP contribution in [0.3, 0.4) is 0 Å². The lowest BCUT2D eigenvalue weighted by atomic mass is 10.2. The number of nitrogens with one attached hydrogen (secondary N) is 1. The summed E-state index contributed by atoms with van der Waals surface area (Å²) in [6.07, 6.45) is 0. The third-order valence-corrected chi connectivity index (χ3v) is 3.41. The van der Waals surface area contributed by atoms with Crippen molar-refractivity contribution in [3.05, 3.63) is 28.8 Å². The number of hydrogen-bond donors (Lipinski definition) is 2. The molecule has 0 saturated carbocycles. The minimum absolute atomic E-state index is 0.0408. The van der Waals surface area contributed by atoms with Crippen LogP contribution >= 0.6 is 23.4 Å². The summed E-state index contributed by atoms with van der Waals surface area (Å²) in [5, 5.41) is 3.40. The van der Waals surface area contributed by atoms with Crippen LogP contribution in [0, 0.1) is 0 Å².